The van der Waals surface area contributed by atoms with Crippen LogP contribution in [-0.4, -0.2) is 36.7 Å². The van der Waals surface area contributed by atoms with Crippen LogP contribution in [-0.2, 0) is 20.9 Å². The zero-order valence-electron chi connectivity index (χ0n) is 19.1. The molecular weight excluding hydrogens is 481 g/mol. The molecule has 0 bridgehead atoms. The van der Waals surface area contributed by atoms with E-state index >= 15 is 0 Å². The Labute approximate surface area is 209 Å². The number of carbonyl (C=O) groups is 2. The number of carbonyl (C=O) groups excluding carboxylic acids is 2. The van der Waals surface area contributed by atoms with Crippen LogP contribution in [0.25, 0.3) is 0 Å². The Morgan fingerprint density at radius 2 is 1.73 bits per heavy atom. The summed E-state index contributed by atoms with van der Waals surface area (Å²) in [7, 11) is 0. The van der Waals surface area contributed by atoms with Crippen molar-refractivity contribution in [2.24, 2.45) is 5.92 Å². The van der Waals surface area contributed by atoms with Gasteiger partial charge in [-0.3, -0.25) is 4.79 Å². The highest BCUT2D eigenvalue weighted by Gasteiger charge is 2.29. The van der Waals surface area contributed by atoms with Gasteiger partial charge in [-0.15, -0.1) is 0 Å². The van der Waals surface area contributed by atoms with Crippen molar-refractivity contribution in [1.29, 1.82) is 0 Å². The molecule has 2 aromatic rings. The lowest BCUT2D eigenvalue weighted by atomic mass is 9.97. The summed E-state index contributed by atoms with van der Waals surface area (Å²) < 4.78 is 10.5. The quantitative estimate of drug-likeness (QED) is 0.370. The van der Waals surface area contributed by atoms with Gasteiger partial charge in [-0.1, -0.05) is 73.1 Å². The molecule has 33 heavy (non-hydrogen) atoms. The summed E-state index contributed by atoms with van der Waals surface area (Å²) in [4.78, 5) is 27.9. The summed E-state index contributed by atoms with van der Waals surface area (Å²) in [5.41, 5.74) is 1.90. The Bertz CT molecular complexity index is 990. The minimum atomic E-state index is -0.422. The zero-order valence-corrected chi connectivity index (χ0v) is 21.4. The first kappa shape index (κ1) is 25.7. The molecule has 0 aliphatic carbocycles. The smallest absolute Gasteiger partial charge is 0.410 e. The number of hydrogen-bond acceptors (Lipinski definition) is 5. The fraction of sp³-hybridized carbons (Fsp3) is 0.440. The Morgan fingerprint density at radius 1 is 1.03 bits per heavy atom. The number of nitrogens with zero attached hydrogens (tertiary/aromatic N) is 1. The van der Waals surface area contributed by atoms with Crippen molar-refractivity contribution >= 4 is 47.0 Å². The van der Waals surface area contributed by atoms with Crippen molar-refractivity contribution in [3.63, 3.8) is 0 Å². The zero-order chi connectivity index (χ0) is 24.0. The molecule has 0 saturated carbocycles. The highest BCUT2D eigenvalue weighted by Crippen LogP contribution is 2.41. The van der Waals surface area contributed by atoms with E-state index in [0.29, 0.717) is 54.1 Å². The molecule has 0 radical (unpaired) electrons. The number of ether oxygens (including phenoxy) is 2. The van der Waals surface area contributed by atoms with Gasteiger partial charge in [0.15, 0.2) is 0 Å². The van der Waals surface area contributed by atoms with Crippen molar-refractivity contribution in [3.05, 3.63) is 57.6 Å². The molecule has 178 valence electrons. The first-order chi connectivity index (χ1) is 15.8. The van der Waals surface area contributed by atoms with Gasteiger partial charge in [-0.2, -0.15) is 0 Å². The van der Waals surface area contributed by atoms with E-state index < -0.39 is 6.09 Å². The number of benzene rings is 2. The van der Waals surface area contributed by atoms with Gasteiger partial charge in [-0.05, 0) is 43.4 Å². The lowest BCUT2D eigenvalue weighted by molar-refractivity contribution is -0.149. The summed E-state index contributed by atoms with van der Waals surface area (Å²) in [6.07, 6.45) is 0.725. The van der Waals surface area contributed by atoms with Gasteiger partial charge in [0, 0.05) is 28.4 Å². The van der Waals surface area contributed by atoms with E-state index in [1.165, 1.54) is 5.56 Å². The SMILES string of the molecule is CCOC(=O)C1CCN(C(=O)OCc2ccc(Sc3ccccc3C(C)C)c(Cl)c2Cl)CC1. The van der Waals surface area contributed by atoms with E-state index in [9.17, 15) is 9.59 Å². The average molecular weight is 510 g/mol. The number of likely N-dealkylation sites (tertiary alicyclic amines) is 1. The Kier molecular flexibility index (Phi) is 9.36. The van der Waals surface area contributed by atoms with Gasteiger partial charge in [0.05, 0.1) is 22.6 Å². The summed E-state index contributed by atoms with van der Waals surface area (Å²) in [6, 6.07) is 12.0. The van der Waals surface area contributed by atoms with Gasteiger partial charge in [-0.25, -0.2) is 4.79 Å². The molecule has 2 aromatic carbocycles. The molecule has 8 heteroatoms. The standard InChI is InChI=1S/C25H29Cl2NO4S/c1-4-31-24(29)17-11-13-28(14-12-17)25(30)32-15-18-9-10-21(23(27)22(18)26)33-20-8-6-5-7-19(20)16(2)3/h5-10,16-17H,4,11-15H2,1-3H3. The molecule has 1 aliphatic rings. The molecule has 5 nitrogen and oxygen atoms in total. The molecule has 0 atom stereocenters. The molecule has 1 aliphatic heterocycles. The van der Waals surface area contributed by atoms with Crippen LogP contribution in [0.15, 0.2) is 46.2 Å². The van der Waals surface area contributed by atoms with Crippen LogP contribution in [0.3, 0.4) is 0 Å². The van der Waals surface area contributed by atoms with Crippen LogP contribution in [0, 0.1) is 5.92 Å². The Morgan fingerprint density at radius 3 is 2.39 bits per heavy atom. The number of hydrogen-bond donors (Lipinski definition) is 0. The Balaban J connectivity index is 1.59. The highest BCUT2D eigenvalue weighted by atomic mass is 35.5. The van der Waals surface area contributed by atoms with Crippen molar-refractivity contribution in [1.82, 2.24) is 4.90 Å². The third-order valence-electron chi connectivity index (χ3n) is 5.61. The van der Waals surface area contributed by atoms with Crippen LogP contribution in [0.4, 0.5) is 4.79 Å². The number of amides is 1. The van der Waals surface area contributed by atoms with E-state index in [4.69, 9.17) is 32.7 Å². The second kappa shape index (κ2) is 12.0. The molecule has 1 saturated heterocycles. The lowest BCUT2D eigenvalue weighted by Crippen LogP contribution is -2.40. The molecule has 0 unspecified atom stereocenters. The average Bonchev–Trinajstić information content (AvgIpc) is 2.82. The molecule has 1 amide bonds. The van der Waals surface area contributed by atoms with Gasteiger partial charge < -0.3 is 14.4 Å². The molecule has 1 heterocycles. The maximum atomic E-state index is 12.5. The van der Waals surface area contributed by atoms with Gasteiger partial charge in [0.1, 0.15) is 6.61 Å². The predicted octanol–water partition coefficient (Wildman–Crippen LogP) is 7.18. The van der Waals surface area contributed by atoms with E-state index in [0.717, 1.165) is 9.79 Å². The number of esters is 1. The second-order valence-electron chi connectivity index (χ2n) is 8.21. The molecule has 0 N–H and O–H groups in total. The first-order valence-corrected chi connectivity index (χ1v) is 12.7. The minimum absolute atomic E-state index is 0.0305. The summed E-state index contributed by atoms with van der Waals surface area (Å²) in [5, 5.41) is 0.835. The van der Waals surface area contributed by atoms with Gasteiger partial charge >= 0.3 is 12.1 Å². The molecular formula is C25H29Cl2NO4S. The maximum absolute atomic E-state index is 12.5. The van der Waals surface area contributed by atoms with Crippen molar-refractivity contribution in [2.75, 3.05) is 19.7 Å². The van der Waals surface area contributed by atoms with Gasteiger partial charge in [0.2, 0.25) is 0 Å². The summed E-state index contributed by atoms with van der Waals surface area (Å²) in [5.74, 6) is 0.0398. The first-order valence-electron chi connectivity index (χ1n) is 11.1. The normalized spacial score (nSPS) is 14.4. The maximum Gasteiger partial charge on any atom is 0.410 e. The predicted molar refractivity (Wildman–Crippen MR) is 132 cm³/mol. The number of rotatable bonds is 7. The fourth-order valence-corrected chi connectivity index (χ4v) is 5.43. The van der Waals surface area contributed by atoms with Crippen molar-refractivity contribution in [2.45, 2.75) is 55.9 Å². The summed E-state index contributed by atoms with van der Waals surface area (Å²) in [6.45, 7) is 7.42. The third-order valence-corrected chi connectivity index (χ3v) is 7.80. The summed E-state index contributed by atoms with van der Waals surface area (Å²) >= 11 is 14.7. The molecule has 0 spiro atoms. The van der Waals surface area contributed by atoms with Crippen LogP contribution in [0.1, 0.15) is 50.7 Å². The number of piperidine rings is 1. The molecule has 3 rings (SSSR count). The van der Waals surface area contributed by atoms with Gasteiger partial charge in [0.25, 0.3) is 0 Å². The fourth-order valence-electron chi connectivity index (χ4n) is 3.72. The van der Waals surface area contributed by atoms with Crippen LogP contribution in [0.5, 0.6) is 0 Å². The topological polar surface area (TPSA) is 55.8 Å². The van der Waals surface area contributed by atoms with Crippen LogP contribution in [0.2, 0.25) is 10.0 Å². The highest BCUT2D eigenvalue weighted by molar-refractivity contribution is 7.99. The number of halogens is 2. The van der Waals surface area contributed by atoms with E-state index in [1.54, 1.807) is 23.6 Å². The van der Waals surface area contributed by atoms with E-state index in [2.05, 4.69) is 26.0 Å². The van der Waals surface area contributed by atoms with Crippen LogP contribution >= 0.6 is 35.0 Å². The second-order valence-corrected chi connectivity index (χ2v) is 10.1. The van der Waals surface area contributed by atoms with Crippen molar-refractivity contribution < 1.29 is 19.1 Å². The molecule has 1 fully saturated rings. The monoisotopic (exact) mass is 509 g/mol. The minimum Gasteiger partial charge on any atom is -0.466 e. The van der Waals surface area contributed by atoms with E-state index in [1.807, 2.05) is 24.3 Å². The van der Waals surface area contributed by atoms with Crippen molar-refractivity contribution in [3.8, 4) is 0 Å². The third kappa shape index (κ3) is 6.58. The largest absolute Gasteiger partial charge is 0.466 e. The van der Waals surface area contributed by atoms with Crippen LogP contribution < -0.4 is 0 Å². The van der Waals surface area contributed by atoms with E-state index in [-0.39, 0.29) is 18.5 Å². The molecule has 0 aromatic heterocycles. The lowest BCUT2D eigenvalue weighted by Gasteiger charge is -2.30. The Hall–Kier alpha value is -1.89.